The first-order chi connectivity index (χ1) is 14.2. The maximum atomic E-state index is 12.8. The molecular formula is C24H31N3O2. The first-order valence-electron chi connectivity index (χ1n) is 10.8. The Kier molecular flexibility index (Phi) is 6.47. The van der Waals surface area contributed by atoms with Crippen molar-refractivity contribution in [1.29, 1.82) is 0 Å². The lowest BCUT2D eigenvalue weighted by atomic mass is 10.2. The molecule has 2 aliphatic rings. The molecule has 0 bridgehead atoms. The van der Waals surface area contributed by atoms with Crippen LogP contribution in [-0.4, -0.2) is 54.5 Å². The fraction of sp³-hybridized carbons (Fsp3) is 0.458. The van der Waals surface area contributed by atoms with Crippen molar-refractivity contribution in [2.75, 3.05) is 38.0 Å². The minimum atomic E-state index is 0.0262. The van der Waals surface area contributed by atoms with Gasteiger partial charge in [-0.3, -0.25) is 9.69 Å². The van der Waals surface area contributed by atoms with Gasteiger partial charge in [-0.15, -0.1) is 0 Å². The normalized spacial score (nSPS) is 20.1. The fourth-order valence-corrected chi connectivity index (χ4v) is 4.34. The van der Waals surface area contributed by atoms with Gasteiger partial charge >= 0.3 is 0 Å². The van der Waals surface area contributed by atoms with Crippen LogP contribution >= 0.6 is 0 Å². The molecule has 2 saturated heterocycles. The second-order valence-electron chi connectivity index (χ2n) is 8.23. The van der Waals surface area contributed by atoms with Gasteiger partial charge in [-0.1, -0.05) is 29.8 Å². The van der Waals surface area contributed by atoms with Gasteiger partial charge in [0.2, 0.25) is 5.91 Å². The number of likely N-dealkylation sites (tertiary alicyclic amines) is 2. The van der Waals surface area contributed by atoms with Crippen LogP contribution in [0, 0.1) is 6.92 Å². The standard InChI is InChI=1S/C24H31N3O2/c1-19-10-12-21(13-11-19)29-23-9-3-2-8-22(23)25-24(28)18-27-16-6-7-20(27)17-26-14-4-5-15-26/h2-3,8-13,20H,4-7,14-18H2,1H3,(H,25,28). The maximum absolute atomic E-state index is 12.8. The first kappa shape index (κ1) is 19.9. The van der Waals surface area contributed by atoms with E-state index in [0.717, 1.165) is 18.8 Å². The molecule has 2 aromatic carbocycles. The number of benzene rings is 2. The smallest absolute Gasteiger partial charge is 0.238 e. The van der Waals surface area contributed by atoms with Crippen molar-refractivity contribution in [1.82, 2.24) is 9.80 Å². The average Bonchev–Trinajstić information content (AvgIpc) is 3.38. The van der Waals surface area contributed by atoms with Gasteiger partial charge in [-0.05, 0) is 76.5 Å². The van der Waals surface area contributed by atoms with Crippen LogP contribution in [-0.2, 0) is 4.79 Å². The van der Waals surface area contributed by atoms with Crippen LogP contribution < -0.4 is 10.1 Å². The second kappa shape index (κ2) is 9.42. The molecule has 0 radical (unpaired) electrons. The number of para-hydroxylation sites is 2. The lowest BCUT2D eigenvalue weighted by molar-refractivity contribution is -0.117. The Labute approximate surface area is 173 Å². The number of carbonyl (C=O) groups is 1. The maximum Gasteiger partial charge on any atom is 0.238 e. The fourth-order valence-electron chi connectivity index (χ4n) is 4.34. The number of hydrogen-bond acceptors (Lipinski definition) is 4. The number of carbonyl (C=O) groups excluding carboxylic acids is 1. The van der Waals surface area contributed by atoms with Gasteiger partial charge in [0.05, 0.1) is 12.2 Å². The van der Waals surface area contributed by atoms with Crippen molar-refractivity contribution in [3.8, 4) is 11.5 Å². The largest absolute Gasteiger partial charge is 0.455 e. The monoisotopic (exact) mass is 393 g/mol. The number of amides is 1. The van der Waals surface area contributed by atoms with Gasteiger partial charge < -0.3 is 15.0 Å². The van der Waals surface area contributed by atoms with E-state index in [-0.39, 0.29) is 5.91 Å². The van der Waals surface area contributed by atoms with Gasteiger partial charge in [0.15, 0.2) is 5.75 Å². The highest BCUT2D eigenvalue weighted by atomic mass is 16.5. The third-order valence-electron chi connectivity index (χ3n) is 5.92. The summed E-state index contributed by atoms with van der Waals surface area (Å²) >= 11 is 0. The molecule has 2 fully saturated rings. The Balaban J connectivity index is 1.36. The molecule has 1 N–H and O–H groups in total. The van der Waals surface area contributed by atoms with Crippen LogP contribution in [0.2, 0.25) is 0 Å². The van der Waals surface area contributed by atoms with Crippen LogP contribution in [0.1, 0.15) is 31.2 Å². The highest BCUT2D eigenvalue weighted by molar-refractivity contribution is 5.93. The molecule has 4 rings (SSSR count). The van der Waals surface area contributed by atoms with E-state index in [4.69, 9.17) is 4.74 Å². The summed E-state index contributed by atoms with van der Waals surface area (Å²) in [5.74, 6) is 1.46. The Morgan fingerprint density at radius 1 is 1.03 bits per heavy atom. The van der Waals surface area contributed by atoms with Crippen molar-refractivity contribution in [2.45, 2.75) is 38.6 Å². The molecule has 1 amide bonds. The summed E-state index contributed by atoms with van der Waals surface area (Å²) in [5.41, 5.74) is 1.90. The first-order valence-corrected chi connectivity index (χ1v) is 10.8. The van der Waals surface area contributed by atoms with Gasteiger partial charge in [0, 0.05) is 12.6 Å². The molecule has 0 aliphatic carbocycles. The van der Waals surface area contributed by atoms with Crippen molar-refractivity contribution in [2.24, 2.45) is 0 Å². The lowest BCUT2D eigenvalue weighted by Gasteiger charge is -2.28. The van der Waals surface area contributed by atoms with E-state index in [2.05, 4.69) is 15.1 Å². The summed E-state index contributed by atoms with van der Waals surface area (Å²) in [7, 11) is 0. The van der Waals surface area contributed by atoms with Crippen molar-refractivity contribution < 1.29 is 9.53 Å². The van der Waals surface area contributed by atoms with Crippen LogP contribution in [0.15, 0.2) is 48.5 Å². The Morgan fingerprint density at radius 2 is 1.79 bits per heavy atom. The predicted molar refractivity (Wildman–Crippen MR) is 117 cm³/mol. The highest BCUT2D eigenvalue weighted by Crippen LogP contribution is 2.29. The van der Waals surface area contributed by atoms with Crippen LogP contribution in [0.4, 0.5) is 5.69 Å². The summed E-state index contributed by atoms with van der Waals surface area (Å²) in [6.07, 6.45) is 4.99. The summed E-state index contributed by atoms with van der Waals surface area (Å²) < 4.78 is 6.01. The number of aryl methyl sites for hydroxylation is 1. The summed E-state index contributed by atoms with van der Waals surface area (Å²) in [5, 5.41) is 3.06. The molecule has 0 aromatic heterocycles. The Hall–Kier alpha value is -2.37. The van der Waals surface area contributed by atoms with Crippen molar-refractivity contribution in [3.05, 3.63) is 54.1 Å². The molecule has 1 unspecified atom stereocenters. The summed E-state index contributed by atoms with van der Waals surface area (Å²) in [6, 6.07) is 16.1. The molecule has 29 heavy (non-hydrogen) atoms. The van der Waals surface area contributed by atoms with Gasteiger partial charge in [0.1, 0.15) is 5.75 Å². The number of ether oxygens (including phenoxy) is 1. The van der Waals surface area contributed by atoms with E-state index in [0.29, 0.717) is 24.0 Å². The van der Waals surface area contributed by atoms with Crippen LogP contribution in [0.25, 0.3) is 0 Å². The van der Waals surface area contributed by atoms with E-state index >= 15 is 0 Å². The zero-order chi connectivity index (χ0) is 20.1. The minimum Gasteiger partial charge on any atom is -0.455 e. The zero-order valence-electron chi connectivity index (χ0n) is 17.3. The molecule has 0 spiro atoms. The topological polar surface area (TPSA) is 44.8 Å². The molecule has 2 heterocycles. The Morgan fingerprint density at radius 3 is 2.59 bits per heavy atom. The molecule has 2 aromatic rings. The quantitative estimate of drug-likeness (QED) is 0.762. The summed E-state index contributed by atoms with van der Waals surface area (Å²) in [4.78, 5) is 17.7. The van der Waals surface area contributed by atoms with Crippen molar-refractivity contribution >= 4 is 11.6 Å². The van der Waals surface area contributed by atoms with Crippen LogP contribution in [0.3, 0.4) is 0 Å². The molecule has 0 saturated carbocycles. The molecule has 1 atom stereocenters. The summed E-state index contributed by atoms with van der Waals surface area (Å²) in [6.45, 7) is 7.01. The van der Waals surface area contributed by atoms with E-state index in [1.165, 1.54) is 44.3 Å². The number of rotatable bonds is 7. The lowest BCUT2D eigenvalue weighted by Crippen LogP contribution is -2.42. The molecule has 5 heteroatoms. The van der Waals surface area contributed by atoms with Gasteiger partial charge in [-0.25, -0.2) is 0 Å². The van der Waals surface area contributed by atoms with E-state index in [1.807, 2.05) is 55.5 Å². The third kappa shape index (κ3) is 5.37. The predicted octanol–water partition coefficient (Wildman–Crippen LogP) is 4.29. The SMILES string of the molecule is Cc1ccc(Oc2ccccc2NC(=O)CN2CCCC2CN2CCCC2)cc1. The van der Waals surface area contributed by atoms with E-state index in [1.54, 1.807) is 0 Å². The highest BCUT2D eigenvalue weighted by Gasteiger charge is 2.28. The van der Waals surface area contributed by atoms with Crippen LogP contribution in [0.5, 0.6) is 11.5 Å². The zero-order valence-corrected chi connectivity index (χ0v) is 17.3. The molecule has 2 aliphatic heterocycles. The van der Waals surface area contributed by atoms with Crippen molar-refractivity contribution in [3.63, 3.8) is 0 Å². The number of nitrogens with zero attached hydrogens (tertiary/aromatic N) is 2. The Bertz CT molecular complexity index is 815. The minimum absolute atomic E-state index is 0.0262. The van der Waals surface area contributed by atoms with E-state index in [9.17, 15) is 4.79 Å². The number of anilines is 1. The molecule has 5 nitrogen and oxygen atoms in total. The molecular weight excluding hydrogens is 362 g/mol. The number of nitrogens with one attached hydrogen (secondary N) is 1. The molecule has 154 valence electrons. The van der Waals surface area contributed by atoms with Gasteiger partial charge in [0.25, 0.3) is 0 Å². The number of hydrogen-bond donors (Lipinski definition) is 1. The van der Waals surface area contributed by atoms with E-state index < -0.39 is 0 Å². The average molecular weight is 394 g/mol. The second-order valence-corrected chi connectivity index (χ2v) is 8.23. The van der Waals surface area contributed by atoms with Gasteiger partial charge in [-0.2, -0.15) is 0 Å². The third-order valence-corrected chi connectivity index (χ3v) is 5.92.